The fraction of sp³-hybridized carbons (Fsp3) is 0.423. The van der Waals surface area contributed by atoms with E-state index in [0.29, 0.717) is 37.5 Å². The Balaban J connectivity index is 1.40. The number of rotatable bonds is 4. The van der Waals surface area contributed by atoms with Crippen LogP contribution in [0.3, 0.4) is 0 Å². The van der Waals surface area contributed by atoms with Gasteiger partial charge in [-0.1, -0.05) is 18.2 Å². The molecule has 174 valence electrons. The maximum Gasteiger partial charge on any atom is 0.326 e. The summed E-state index contributed by atoms with van der Waals surface area (Å²) in [4.78, 5) is 41.5. The summed E-state index contributed by atoms with van der Waals surface area (Å²) in [6.45, 7) is 3.82. The molecule has 7 nitrogen and oxygen atoms in total. The van der Waals surface area contributed by atoms with E-state index in [-0.39, 0.29) is 23.8 Å². The van der Waals surface area contributed by atoms with E-state index in [4.69, 9.17) is 4.74 Å². The minimum atomic E-state index is -0.266. The van der Waals surface area contributed by atoms with Crippen molar-refractivity contribution in [1.29, 1.82) is 0 Å². The highest BCUT2D eigenvalue weighted by Gasteiger charge is 2.30. The van der Waals surface area contributed by atoms with Gasteiger partial charge in [0, 0.05) is 36.6 Å². The van der Waals surface area contributed by atoms with Crippen molar-refractivity contribution in [3.8, 4) is 0 Å². The number of hydrogen-bond acceptors (Lipinski definition) is 4. The van der Waals surface area contributed by atoms with E-state index >= 15 is 0 Å². The number of amides is 3. The SMILES string of the molecule is CCOC(=O)[C@H]1CCCN(C(=O)c2ccc(NC(=O)N3CCCCc4ccccc43)cc2)C1. The Morgan fingerprint density at radius 2 is 1.79 bits per heavy atom. The summed E-state index contributed by atoms with van der Waals surface area (Å²) in [5, 5.41) is 2.96. The minimum Gasteiger partial charge on any atom is -0.466 e. The number of carbonyl (C=O) groups excluding carboxylic acids is 3. The molecule has 1 saturated heterocycles. The Labute approximate surface area is 194 Å². The van der Waals surface area contributed by atoms with Crippen molar-refractivity contribution in [1.82, 2.24) is 4.90 Å². The summed E-state index contributed by atoms with van der Waals surface area (Å²) in [7, 11) is 0. The summed E-state index contributed by atoms with van der Waals surface area (Å²) in [6, 6.07) is 14.8. The molecule has 1 N–H and O–H groups in total. The third-order valence-corrected chi connectivity index (χ3v) is 6.32. The number of esters is 1. The maximum absolute atomic E-state index is 13.0. The van der Waals surface area contributed by atoms with E-state index in [9.17, 15) is 14.4 Å². The molecule has 2 heterocycles. The Hall–Kier alpha value is -3.35. The van der Waals surface area contributed by atoms with Crippen molar-refractivity contribution >= 4 is 29.3 Å². The van der Waals surface area contributed by atoms with Gasteiger partial charge in [0.25, 0.3) is 5.91 Å². The van der Waals surface area contributed by atoms with Crippen molar-refractivity contribution < 1.29 is 19.1 Å². The summed E-state index contributed by atoms with van der Waals surface area (Å²) >= 11 is 0. The highest BCUT2D eigenvalue weighted by atomic mass is 16.5. The van der Waals surface area contributed by atoms with Crippen LogP contribution < -0.4 is 10.2 Å². The van der Waals surface area contributed by atoms with Gasteiger partial charge in [-0.2, -0.15) is 0 Å². The zero-order valence-corrected chi connectivity index (χ0v) is 19.1. The lowest BCUT2D eigenvalue weighted by atomic mass is 9.97. The summed E-state index contributed by atoms with van der Waals surface area (Å²) < 4.78 is 5.13. The lowest BCUT2D eigenvalue weighted by molar-refractivity contribution is -0.149. The molecule has 1 atom stereocenters. The van der Waals surface area contributed by atoms with Crippen LogP contribution in [-0.2, 0) is 16.0 Å². The first-order chi connectivity index (χ1) is 16.1. The molecule has 4 rings (SSSR count). The second kappa shape index (κ2) is 10.5. The third-order valence-electron chi connectivity index (χ3n) is 6.32. The Bertz CT molecular complexity index is 1000. The van der Waals surface area contributed by atoms with E-state index < -0.39 is 0 Å². The predicted octanol–water partition coefficient (Wildman–Crippen LogP) is 4.48. The maximum atomic E-state index is 13.0. The van der Waals surface area contributed by atoms with Crippen molar-refractivity contribution in [2.24, 2.45) is 5.92 Å². The van der Waals surface area contributed by atoms with E-state index in [1.807, 2.05) is 18.2 Å². The number of ether oxygens (including phenoxy) is 1. The van der Waals surface area contributed by atoms with Crippen LogP contribution in [0.15, 0.2) is 48.5 Å². The fourth-order valence-electron chi connectivity index (χ4n) is 4.59. The van der Waals surface area contributed by atoms with Gasteiger partial charge in [0.2, 0.25) is 0 Å². The molecule has 0 aromatic heterocycles. The normalized spacial score (nSPS) is 18.2. The number of hydrogen-bond donors (Lipinski definition) is 1. The predicted molar refractivity (Wildman–Crippen MR) is 127 cm³/mol. The number of nitrogens with zero attached hydrogens (tertiary/aromatic N) is 2. The van der Waals surface area contributed by atoms with Crippen LogP contribution in [-0.4, -0.2) is 49.0 Å². The number of para-hydroxylation sites is 1. The molecule has 2 aromatic carbocycles. The zero-order valence-electron chi connectivity index (χ0n) is 19.1. The lowest BCUT2D eigenvalue weighted by Gasteiger charge is -2.31. The Morgan fingerprint density at radius 1 is 1.00 bits per heavy atom. The number of aryl methyl sites for hydroxylation is 1. The van der Waals surface area contributed by atoms with Crippen LogP contribution >= 0.6 is 0 Å². The van der Waals surface area contributed by atoms with Crippen molar-refractivity contribution in [3.05, 3.63) is 59.7 Å². The van der Waals surface area contributed by atoms with Crippen LogP contribution in [0.1, 0.15) is 48.5 Å². The molecule has 0 saturated carbocycles. The van der Waals surface area contributed by atoms with Gasteiger partial charge in [0.1, 0.15) is 0 Å². The Morgan fingerprint density at radius 3 is 2.58 bits per heavy atom. The van der Waals surface area contributed by atoms with Gasteiger partial charge in [-0.15, -0.1) is 0 Å². The molecule has 7 heteroatoms. The molecule has 0 bridgehead atoms. The van der Waals surface area contributed by atoms with Crippen molar-refractivity contribution in [2.75, 3.05) is 36.5 Å². The number of piperidine rings is 1. The molecule has 0 aliphatic carbocycles. The van der Waals surface area contributed by atoms with Gasteiger partial charge < -0.3 is 15.0 Å². The van der Waals surface area contributed by atoms with Gasteiger partial charge in [-0.3, -0.25) is 14.5 Å². The van der Waals surface area contributed by atoms with Crippen LogP contribution in [0.4, 0.5) is 16.2 Å². The molecule has 2 aliphatic rings. The first-order valence-electron chi connectivity index (χ1n) is 11.8. The van der Waals surface area contributed by atoms with Crippen molar-refractivity contribution in [2.45, 2.75) is 39.0 Å². The largest absolute Gasteiger partial charge is 0.466 e. The van der Waals surface area contributed by atoms with Gasteiger partial charge in [-0.25, -0.2) is 4.79 Å². The van der Waals surface area contributed by atoms with Crippen LogP contribution in [0.2, 0.25) is 0 Å². The molecular formula is C26H31N3O4. The van der Waals surface area contributed by atoms with Gasteiger partial charge in [0.15, 0.2) is 0 Å². The van der Waals surface area contributed by atoms with Gasteiger partial charge in [0.05, 0.1) is 12.5 Å². The summed E-state index contributed by atoms with van der Waals surface area (Å²) in [6.07, 6.45) is 4.52. The number of anilines is 2. The molecule has 2 aromatic rings. The second-order valence-electron chi connectivity index (χ2n) is 8.59. The molecule has 0 radical (unpaired) electrons. The Kier molecular flexibility index (Phi) is 7.27. The third kappa shape index (κ3) is 5.35. The number of carbonyl (C=O) groups is 3. The minimum absolute atomic E-state index is 0.108. The number of urea groups is 1. The summed E-state index contributed by atoms with van der Waals surface area (Å²) in [5.74, 6) is -0.607. The molecule has 0 spiro atoms. The standard InChI is InChI=1S/C26H31N3O4/c1-2-33-25(31)21-10-7-16-28(18-21)24(30)20-12-14-22(15-13-20)27-26(32)29-17-6-5-9-19-8-3-4-11-23(19)29/h3-4,8,11-15,21H,2,5-7,9-10,16-18H2,1H3,(H,27,32)/t21-/m0/s1. The second-order valence-corrected chi connectivity index (χ2v) is 8.59. The fourth-order valence-corrected chi connectivity index (χ4v) is 4.59. The first-order valence-corrected chi connectivity index (χ1v) is 11.8. The average Bonchev–Trinajstić information content (AvgIpc) is 3.07. The van der Waals surface area contributed by atoms with E-state index in [1.54, 1.807) is 41.0 Å². The van der Waals surface area contributed by atoms with E-state index in [2.05, 4.69) is 11.4 Å². The lowest BCUT2D eigenvalue weighted by Crippen LogP contribution is -2.42. The molecule has 3 amide bonds. The average molecular weight is 450 g/mol. The number of nitrogens with one attached hydrogen (secondary N) is 1. The zero-order chi connectivity index (χ0) is 23.2. The summed E-state index contributed by atoms with van der Waals surface area (Å²) in [5.41, 5.74) is 3.33. The smallest absolute Gasteiger partial charge is 0.326 e. The van der Waals surface area contributed by atoms with Crippen molar-refractivity contribution in [3.63, 3.8) is 0 Å². The monoisotopic (exact) mass is 449 g/mol. The number of benzene rings is 2. The first kappa shape index (κ1) is 22.8. The topological polar surface area (TPSA) is 79.0 Å². The number of likely N-dealkylation sites (tertiary alicyclic amines) is 1. The van der Waals surface area contributed by atoms with Crippen LogP contribution in [0.25, 0.3) is 0 Å². The molecule has 33 heavy (non-hydrogen) atoms. The van der Waals surface area contributed by atoms with Crippen LogP contribution in [0.5, 0.6) is 0 Å². The van der Waals surface area contributed by atoms with Crippen LogP contribution in [0, 0.1) is 5.92 Å². The molecule has 0 unspecified atom stereocenters. The van der Waals surface area contributed by atoms with Gasteiger partial charge in [-0.05, 0) is 74.9 Å². The molecule has 1 fully saturated rings. The quantitative estimate of drug-likeness (QED) is 0.698. The van der Waals surface area contributed by atoms with E-state index in [1.165, 1.54) is 5.56 Å². The van der Waals surface area contributed by atoms with E-state index in [0.717, 1.165) is 37.8 Å². The highest BCUT2D eigenvalue weighted by Crippen LogP contribution is 2.27. The number of fused-ring (bicyclic) bond motifs is 1. The molecule has 2 aliphatic heterocycles. The van der Waals surface area contributed by atoms with Gasteiger partial charge >= 0.3 is 12.0 Å². The highest BCUT2D eigenvalue weighted by molar-refractivity contribution is 6.02. The molecular weight excluding hydrogens is 418 g/mol.